The summed E-state index contributed by atoms with van der Waals surface area (Å²) in [6.45, 7) is 1.60. The highest BCUT2D eigenvalue weighted by Gasteiger charge is 2.13. The van der Waals surface area contributed by atoms with Crippen molar-refractivity contribution in [3.8, 4) is 11.5 Å². The van der Waals surface area contributed by atoms with E-state index in [1.54, 1.807) is 67.6 Å². The van der Waals surface area contributed by atoms with Crippen molar-refractivity contribution in [3.63, 3.8) is 0 Å². The third kappa shape index (κ3) is 6.90. The Bertz CT molecular complexity index is 1110. The summed E-state index contributed by atoms with van der Waals surface area (Å²) in [5.74, 6) is -0.733. The maximum Gasteiger partial charge on any atom is 0.276 e. The van der Waals surface area contributed by atoms with Crippen LogP contribution in [0.5, 0.6) is 11.5 Å². The Labute approximate surface area is 190 Å². The van der Waals surface area contributed by atoms with Crippen LogP contribution in [-0.2, 0) is 11.4 Å². The maximum atomic E-state index is 13.0. The van der Waals surface area contributed by atoms with Crippen molar-refractivity contribution in [2.75, 3.05) is 6.61 Å². The van der Waals surface area contributed by atoms with Crippen molar-refractivity contribution in [2.45, 2.75) is 20.0 Å². The zero-order chi connectivity index (χ0) is 23.6. The van der Waals surface area contributed by atoms with E-state index in [0.717, 1.165) is 5.56 Å². The van der Waals surface area contributed by atoms with Gasteiger partial charge in [-0.25, -0.2) is 4.39 Å². The fourth-order valence-corrected chi connectivity index (χ4v) is 2.84. The predicted octanol–water partition coefficient (Wildman–Crippen LogP) is 3.84. The van der Waals surface area contributed by atoms with Gasteiger partial charge < -0.3 is 9.47 Å². The van der Waals surface area contributed by atoms with Gasteiger partial charge >= 0.3 is 0 Å². The number of ether oxygens (including phenoxy) is 2. The highest BCUT2D eigenvalue weighted by atomic mass is 19.1. The molecule has 0 saturated heterocycles. The predicted molar refractivity (Wildman–Crippen MR) is 119 cm³/mol. The highest BCUT2D eigenvalue weighted by molar-refractivity contribution is 5.98. The van der Waals surface area contributed by atoms with Gasteiger partial charge in [0, 0.05) is 12.0 Å². The van der Waals surface area contributed by atoms with Crippen molar-refractivity contribution < 1.29 is 28.2 Å². The van der Waals surface area contributed by atoms with E-state index in [0.29, 0.717) is 23.5 Å². The summed E-state index contributed by atoms with van der Waals surface area (Å²) in [5.41, 5.74) is 6.13. The summed E-state index contributed by atoms with van der Waals surface area (Å²) in [4.78, 5) is 36.2. The number of benzene rings is 3. The molecule has 33 heavy (non-hydrogen) atoms. The van der Waals surface area contributed by atoms with Crippen LogP contribution in [0.3, 0.4) is 0 Å². The molecule has 0 aliphatic rings. The van der Waals surface area contributed by atoms with E-state index in [1.807, 2.05) is 0 Å². The summed E-state index contributed by atoms with van der Waals surface area (Å²) >= 11 is 0. The molecule has 3 rings (SSSR count). The topological polar surface area (TPSA) is 93.7 Å². The Morgan fingerprint density at radius 3 is 2.24 bits per heavy atom. The zero-order valence-electron chi connectivity index (χ0n) is 18.0. The number of halogens is 1. The van der Waals surface area contributed by atoms with Gasteiger partial charge in [-0.15, -0.1) is 0 Å². The number of hydrogen-bond donors (Lipinski definition) is 2. The molecule has 0 aliphatic carbocycles. The van der Waals surface area contributed by atoms with Crippen LogP contribution in [0, 0.1) is 5.82 Å². The first-order chi connectivity index (χ1) is 16.0. The molecule has 0 atom stereocenters. The molecule has 0 radical (unpaired) electrons. The standard InChI is InChI=1S/C25H23FN2O5/c1-2-22(29)18-9-13-20(14-10-18)32-16-24(30)27-28-25(31)21-5-3-4-6-23(21)33-15-17-7-11-19(26)12-8-17/h3-14H,2,15-16H2,1H3,(H,27,30)(H,28,31). The van der Waals surface area contributed by atoms with Gasteiger partial charge in [0.2, 0.25) is 0 Å². The van der Waals surface area contributed by atoms with Crippen LogP contribution in [0.2, 0.25) is 0 Å². The summed E-state index contributed by atoms with van der Waals surface area (Å²) in [7, 11) is 0. The smallest absolute Gasteiger partial charge is 0.276 e. The summed E-state index contributed by atoms with van der Waals surface area (Å²) in [5, 5.41) is 0. The summed E-state index contributed by atoms with van der Waals surface area (Å²) in [6, 6.07) is 18.8. The molecule has 0 heterocycles. The van der Waals surface area contributed by atoms with Crippen molar-refractivity contribution in [2.24, 2.45) is 0 Å². The average molecular weight is 450 g/mol. The molecule has 0 spiro atoms. The fraction of sp³-hybridized carbons (Fsp3) is 0.160. The highest BCUT2D eigenvalue weighted by Crippen LogP contribution is 2.19. The first kappa shape index (κ1) is 23.5. The van der Waals surface area contributed by atoms with Crippen LogP contribution >= 0.6 is 0 Å². The number of nitrogens with one attached hydrogen (secondary N) is 2. The van der Waals surface area contributed by atoms with Crippen molar-refractivity contribution >= 4 is 17.6 Å². The molecule has 0 unspecified atom stereocenters. The number of amides is 2. The Hall–Kier alpha value is -4.20. The van der Waals surface area contributed by atoms with Gasteiger partial charge in [-0.05, 0) is 54.1 Å². The minimum absolute atomic E-state index is 0.0175. The molecule has 3 aromatic rings. The summed E-state index contributed by atoms with van der Waals surface area (Å²) < 4.78 is 24.1. The third-order valence-electron chi connectivity index (χ3n) is 4.62. The van der Waals surface area contributed by atoms with Crippen LogP contribution in [0.15, 0.2) is 72.8 Å². The first-order valence-electron chi connectivity index (χ1n) is 10.3. The van der Waals surface area contributed by atoms with Crippen molar-refractivity contribution in [3.05, 3.63) is 95.3 Å². The maximum absolute atomic E-state index is 13.0. The second-order valence-corrected chi connectivity index (χ2v) is 7.00. The molecular weight excluding hydrogens is 427 g/mol. The Balaban J connectivity index is 1.49. The van der Waals surface area contributed by atoms with Crippen LogP contribution in [0.25, 0.3) is 0 Å². The second-order valence-electron chi connectivity index (χ2n) is 7.00. The molecule has 8 heteroatoms. The number of rotatable bonds is 9. The van der Waals surface area contributed by atoms with Gasteiger partial charge in [0.05, 0.1) is 5.56 Å². The lowest BCUT2D eigenvalue weighted by atomic mass is 10.1. The lowest BCUT2D eigenvalue weighted by molar-refractivity contribution is -0.123. The minimum Gasteiger partial charge on any atom is -0.488 e. The molecular formula is C25H23FN2O5. The molecule has 3 aromatic carbocycles. The lowest BCUT2D eigenvalue weighted by Crippen LogP contribution is -2.43. The van der Waals surface area contributed by atoms with E-state index in [1.165, 1.54) is 12.1 Å². The van der Waals surface area contributed by atoms with Gasteiger partial charge in [-0.1, -0.05) is 31.2 Å². The SMILES string of the molecule is CCC(=O)c1ccc(OCC(=O)NNC(=O)c2ccccc2OCc2ccc(F)cc2)cc1. The largest absolute Gasteiger partial charge is 0.488 e. The molecule has 0 aliphatic heterocycles. The lowest BCUT2D eigenvalue weighted by Gasteiger charge is -2.13. The van der Waals surface area contributed by atoms with Gasteiger partial charge in [-0.3, -0.25) is 25.2 Å². The van der Waals surface area contributed by atoms with E-state index in [2.05, 4.69) is 10.9 Å². The monoisotopic (exact) mass is 450 g/mol. The van der Waals surface area contributed by atoms with Crippen molar-refractivity contribution in [1.29, 1.82) is 0 Å². The van der Waals surface area contributed by atoms with Crippen LogP contribution in [-0.4, -0.2) is 24.2 Å². The number of para-hydroxylation sites is 1. The van der Waals surface area contributed by atoms with E-state index < -0.39 is 11.8 Å². The minimum atomic E-state index is -0.569. The number of ketones is 1. The first-order valence-corrected chi connectivity index (χ1v) is 10.3. The molecule has 0 fully saturated rings. The normalized spacial score (nSPS) is 10.2. The quantitative estimate of drug-likeness (QED) is 0.382. The number of Topliss-reactive ketones (excluding diaryl/α,β-unsaturated/α-hetero) is 1. The number of carbonyl (C=O) groups is 3. The molecule has 7 nitrogen and oxygen atoms in total. The number of hydrogen-bond acceptors (Lipinski definition) is 5. The van der Waals surface area contributed by atoms with E-state index in [9.17, 15) is 18.8 Å². The molecule has 2 amide bonds. The van der Waals surface area contributed by atoms with E-state index in [-0.39, 0.29) is 30.4 Å². The zero-order valence-corrected chi connectivity index (χ0v) is 18.0. The van der Waals surface area contributed by atoms with E-state index in [4.69, 9.17) is 9.47 Å². The van der Waals surface area contributed by atoms with Crippen LogP contribution < -0.4 is 20.3 Å². The van der Waals surface area contributed by atoms with Gasteiger partial charge in [0.1, 0.15) is 23.9 Å². The van der Waals surface area contributed by atoms with E-state index >= 15 is 0 Å². The van der Waals surface area contributed by atoms with Gasteiger partial charge in [0.15, 0.2) is 12.4 Å². The van der Waals surface area contributed by atoms with Crippen LogP contribution in [0.4, 0.5) is 4.39 Å². The molecule has 0 aromatic heterocycles. The molecule has 0 bridgehead atoms. The number of hydrazine groups is 1. The third-order valence-corrected chi connectivity index (χ3v) is 4.62. The number of carbonyl (C=O) groups excluding carboxylic acids is 3. The Morgan fingerprint density at radius 2 is 1.55 bits per heavy atom. The summed E-state index contributed by atoms with van der Waals surface area (Å²) in [6.07, 6.45) is 0.405. The van der Waals surface area contributed by atoms with Gasteiger partial charge in [0.25, 0.3) is 11.8 Å². The second kappa shape index (κ2) is 11.4. The molecule has 2 N–H and O–H groups in total. The fourth-order valence-electron chi connectivity index (χ4n) is 2.84. The van der Waals surface area contributed by atoms with Crippen molar-refractivity contribution in [1.82, 2.24) is 10.9 Å². The van der Waals surface area contributed by atoms with Gasteiger partial charge in [-0.2, -0.15) is 0 Å². The Morgan fingerprint density at radius 1 is 0.848 bits per heavy atom. The Kier molecular flexibility index (Phi) is 8.13. The molecule has 170 valence electrons. The average Bonchev–Trinajstić information content (AvgIpc) is 2.85. The van der Waals surface area contributed by atoms with Crippen LogP contribution in [0.1, 0.15) is 39.6 Å². The molecule has 0 saturated carbocycles.